The Morgan fingerprint density at radius 1 is 1.03 bits per heavy atom. The number of hydrogen-bond donors (Lipinski definition) is 2. The van der Waals surface area contributed by atoms with E-state index in [1.165, 1.54) is 12.0 Å². The zero-order valence-electron chi connectivity index (χ0n) is 19.6. The second-order valence-corrected chi connectivity index (χ2v) is 9.90. The van der Waals surface area contributed by atoms with Gasteiger partial charge in [-0.25, -0.2) is 0 Å². The van der Waals surface area contributed by atoms with Gasteiger partial charge in [0.25, 0.3) is 0 Å². The number of halogens is 1. The van der Waals surface area contributed by atoms with Crippen LogP contribution >= 0.6 is 11.6 Å². The SMILES string of the molecule is CN(CCCCCC1CC(c2ccccc2)NN1)C(=O)C1(c2ccc(Cl)cc2)CCOCC1. The molecule has 2 aliphatic rings. The Balaban J connectivity index is 1.22. The molecule has 2 aromatic rings. The normalized spacial score (nSPS) is 22.2. The van der Waals surface area contributed by atoms with Gasteiger partial charge in [-0.15, -0.1) is 0 Å². The third-order valence-electron chi connectivity index (χ3n) is 7.23. The summed E-state index contributed by atoms with van der Waals surface area (Å²) >= 11 is 6.09. The molecule has 6 heteroatoms. The van der Waals surface area contributed by atoms with Gasteiger partial charge in [0.1, 0.15) is 0 Å². The second-order valence-electron chi connectivity index (χ2n) is 9.46. The number of nitrogens with one attached hydrogen (secondary N) is 2. The highest BCUT2D eigenvalue weighted by Gasteiger charge is 2.43. The van der Waals surface area contributed by atoms with E-state index in [0.29, 0.717) is 30.3 Å². The van der Waals surface area contributed by atoms with E-state index in [2.05, 4.69) is 41.2 Å². The fraction of sp³-hybridized carbons (Fsp3) is 0.519. The molecule has 0 aliphatic carbocycles. The fourth-order valence-electron chi connectivity index (χ4n) is 5.21. The zero-order chi connectivity index (χ0) is 23.1. The molecule has 33 heavy (non-hydrogen) atoms. The molecule has 2 aliphatic heterocycles. The lowest BCUT2D eigenvalue weighted by Crippen LogP contribution is -2.48. The monoisotopic (exact) mass is 469 g/mol. The number of likely N-dealkylation sites (N-methyl/N-ethyl adjacent to an activating group) is 1. The first-order chi connectivity index (χ1) is 16.1. The predicted octanol–water partition coefficient (Wildman–Crippen LogP) is 5.01. The standard InChI is InChI=1S/C27H36ClN3O2/c1-31(26(32)27(15-18-33-19-16-27)22-11-13-23(28)14-12-22)17-7-3-6-10-24-20-25(30-29-24)21-8-4-2-5-9-21/h2,4-5,8-9,11-14,24-25,29-30H,3,6-7,10,15-20H2,1H3. The summed E-state index contributed by atoms with van der Waals surface area (Å²) in [5.74, 6) is 0.209. The third kappa shape index (κ3) is 5.96. The van der Waals surface area contributed by atoms with E-state index in [1.807, 2.05) is 36.2 Å². The van der Waals surface area contributed by atoms with Crippen molar-refractivity contribution in [2.24, 2.45) is 0 Å². The summed E-state index contributed by atoms with van der Waals surface area (Å²) in [4.78, 5) is 15.5. The fourth-order valence-corrected chi connectivity index (χ4v) is 5.34. The minimum atomic E-state index is -0.497. The number of rotatable bonds is 9. The molecule has 1 amide bonds. The van der Waals surface area contributed by atoms with Crippen molar-refractivity contribution in [3.05, 3.63) is 70.7 Å². The molecule has 2 heterocycles. The van der Waals surface area contributed by atoms with Gasteiger partial charge in [0.2, 0.25) is 5.91 Å². The summed E-state index contributed by atoms with van der Waals surface area (Å²) in [7, 11) is 1.95. The van der Waals surface area contributed by atoms with Crippen LogP contribution in [0.15, 0.2) is 54.6 Å². The molecular weight excluding hydrogens is 434 g/mol. The second kappa shape index (κ2) is 11.5. The lowest BCUT2D eigenvalue weighted by Gasteiger charge is -2.39. The number of hydrazine groups is 1. The molecule has 2 N–H and O–H groups in total. The van der Waals surface area contributed by atoms with Crippen molar-refractivity contribution in [3.63, 3.8) is 0 Å². The van der Waals surface area contributed by atoms with E-state index in [9.17, 15) is 4.79 Å². The van der Waals surface area contributed by atoms with Crippen LogP contribution in [-0.4, -0.2) is 43.7 Å². The first-order valence-electron chi connectivity index (χ1n) is 12.2. The van der Waals surface area contributed by atoms with Gasteiger partial charge in [-0.05, 0) is 55.4 Å². The quantitative estimate of drug-likeness (QED) is 0.506. The number of benzene rings is 2. The van der Waals surface area contributed by atoms with Crippen LogP contribution in [0.3, 0.4) is 0 Å². The summed E-state index contributed by atoms with van der Waals surface area (Å²) in [5, 5.41) is 0.698. The molecule has 2 atom stereocenters. The molecule has 2 fully saturated rings. The minimum absolute atomic E-state index is 0.209. The van der Waals surface area contributed by atoms with Gasteiger partial charge < -0.3 is 9.64 Å². The average molecular weight is 470 g/mol. The van der Waals surface area contributed by atoms with E-state index < -0.39 is 5.41 Å². The van der Waals surface area contributed by atoms with Crippen molar-refractivity contribution >= 4 is 17.5 Å². The summed E-state index contributed by atoms with van der Waals surface area (Å²) in [6.45, 7) is 2.03. The number of ether oxygens (including phenoxy) is 1. The zero-order valence-corrected chi connectivity index (χ0v) is 20.3. The number of carbonyl (C=O) groups excluding carboxylic acids is 1. The van der Waals surface area contributed by atoms with Crippen molar-refractivity contribution in [1.82, 2.24) is 15.8 Å². The third-order valence-corrected chi connectivity index (χ3v) is 7.48. The Bertz CT molecular complexity index is 884. The molecule has 2 aromatic carbocycles. The van der Waals surface area contributed by atoms with E-state index in [-0.39, 0.29) is 5.91 Å². The molecule has 0 saturated carbocycles. The predicted molar refractivity (Wildman–Crippen MR) is 133 cm³/mol. The number of nitrogens with zero attached hydrogens (tertiary/aromatic N) is 1. The van der Waals surface area contributed by atoms with E-state index in [1.54, 1.807) is 0 Å². The van der Waals surface area contributed by atoms with Crippen molar-refractivity contribution in [1.29, 1.82) is 0 Å². The average Bonchev–Trinajstić information content (AvgIpc) is 3.33. The first-order valence-corrected chi connectivity index (χ1v) is 12.6. The lowest BCUT2D eigenvalue weighted by molar-refractivity contribution is -0.140. The molecule has 0 bridgehead atoms. The number of carbonyl (C=O) groups is 1. The van der Waals surface area contributed by atoms with E-state index in [0.717, 1.165) is 50.6 Å². The van der Waals surface area contributed by atoms with Crippen molar-refractivity contribution in [2.75, 3.05) is 26.8 Å². The van der Waals surface area contributed by atoms with Gasteiger partial charge in [0, 0.05) is 43.9 Å². The van der Waals surface area contributed by atoms with Crippen molar-refractivity contribution in [2.45, 2.75) is 62.4 Å². The first kappa shape index (κ1) is 24.2. The number of hydrogen-bond acceptors (Lipinski definition) is 4. The molecule has 2 unspecified atom stereocenters. The Morgan fingerprint density at radius 3 is 2.48 bits per heavy atom. The summed E-state index contributed by atoms with van der Waals surface area (Å²) in [6, 6.07) is 19.3. The highest BCUT2D eigenvalue weighted by atomic mass is 35.5. The molecule has 5 nitrogen and oxygen atoms in total. The maximum Gasteiger partial charge on any atom is 0.233 e. The highest BCUT2D eigenvalue weighted by molar-refractivity contribution is 6.30. The minimum Gasteiger partial charge on any atom is -0.381 e. The smallest absolute Gasteiger partial charge is 0.233 e. The topological polar surface area (TPSA) is 53.6 Å². The van der Waals surface area contributed by atoms with Gasteiger partial charge in [-0.1, -0.05) is 66.9 Å². The summed E-state index contributed by atoms with van der Waals surface area (Å²) in [5.41, 5.74) is 8.79. The van der Waals surface area contributed by atoms with Crippen LogP contribution in [0.1, 0.15) is 62.1 Å². The highest BCUT2D eigenvalue weighted by Crippen LogP contribution is 2.37. The largest absolute Gasteiger partial charge is 0.381 e. The summed E-state index contributed by atoms with van der Waals surface area (Å²) < 4.78 is 5.59. The maximum absolute atomic E-state index is 13.6. The molecule has 2 saturated heterocycles. The van der Waals surface area contributed by atoms with Crippen LogP contribution in [0.2, 0.25) is 5.02 Å². The van der Waals surface area contributed by atoms with E-state index >= 15 is 0 Å². The molecule has 0 radical (unpaired) electrons. The molecular formula is C27H36ClN3O2. The number of unbranched alkanes of at least 4 members (excludes halogenated alkanes) is 2. The van der Waals surface area contributed by atoms with Crippen LogP contribution in [0.5, 0.6) is 0 Å². The van der Waals surface area contributed by atoms with Crippen LogP contribution in [0.4, 0.5) is 0 Å². The van der Waals surface area contributed by atoms with Crippen molar-refractivity contribution in [3.8, 4) is 0 Å². The molecule has 4 rings (SSSR count). The molecule has 0 aromatic heterocycles. The van der Waals surface area contributed by atoms with Crippen LogP contribution in [0.25, 0.3) is 0 Å². The number of amides is 1. The molecule has 178 valence electrons. The maximum atomic E-state index is 13.6. The lowest BCUT2D eigenvalue weighted by atomic mass is 9.73. The van der Waals surface area contributed by atoms with E-state index in [4.69, 9.17) is 16.3 Å². The summed E-state index contributed by atoms with van der Waals surface area (Å²) in [6.07, 6.45) is 7.04. The van der Waals surface area contributed by atoms with Gasteiger partial charge in [0.05, 0.1) is 5.41 Å². The van der Waals surface area contributed by atoms with Crippen LogP contribution < -0.4 is 10.9 Å². The van der Waals surface area contributed by atoms with Gasteiger partial charge in [0.15, 0.2) is 0 Å². The Hall–Kier alpha value is -1.92. The Kier molecular flexibility index (Phi) is 8.42. The molecule has 0 spiro atoms. The van der Waals surface area contributed by atoms with Gasteiger partial charge >= 0.3 is 0 Å². The van der Waals surface area contributed by atoms with Gasteiger partial charge in [-0.2, -0.15) is 0 Å². The Labute approximate surface area is 202 Å². The van der Waals surface area contributed by atoms with Crippen molar-refractivity contribution < 1.29 is 9.53 Å². The van der Waals surface area contributed by atoms with Crippen LogP contribution in [-0.2, 0) is 14.9 Å². The van der Waals surface area contributed by atoms with Crippen LogP contribution in [0, 0.1) is 0 Å². The van der Waals surface area contributed by atoms with Gasteiger partial charge in [-0.3, -0.25) is 15.6 Å². The Morgan fingerprint density at radius 2 is 1.76 bits per heavy atom.